The molecule has 8 heteroatoms. The Hall–Kier alpha value is 0.650. The molecule has 0 fully saturated rings. The van der Waals surface area contributed by atoms with Crippen molar-refractivity contribution in [2.45, 2.75) is 19.1 Å². The number of aliphatic hydroxyl groups excluding tert-OH is 1. The fraction of sp³-hybridized carbons (Fsp3) is 1.00. The molecular formula is C6H13Cl2O5P. The lowest BCUT2D eigenvalue weighted by molar-refractivity contribution is 0.0646. The largest absolute Gasteiger partial charge is 0.472 e. The van der Waals surface area contributed by atoms with Gasteiger partial charge in [0.15, 0.2) is 0 Å². The quantitative estimate of drug-likeness (QED) is 0.537. The molecule has 0 spiro atoms. The van der Waals surface area contributed by atoms with E-state index in [1.165, 1.54) is 6.92 Å². The summed E-state index contributed by atoms with van der Waals surface area (Å²) >= 11 is 10.7. The van der Waals surface area contributed by atoms with Crippen LogP contribution in [0.15, 0.2) is 0 Å². The van der Waals surface area contributed by atoms with Gasteiger partial charge in [-0.2, -0.15) is 0 Å². The molecule has 0 aliphatic rings. The molecule has 0 aromatic rings. The van der Waals surface area contributed by atoms with Gasteiger partial charge < -0.3 is 10.00 Å². The molecule has 0 saturated heterocycles. The second kappa shape index (κ2) is 7.01. The Kier molecular flexibility index (Phi) is 7.34. The van der Waals surface area contributed by atoms with Crippen LogP contribution in [0.2, 0.25) is 0 Å². The second-order valence-corrected chi connectivity index (χ2v) is 4.58. The van der Waals surface area contributed by atoms with E-state index in [0.717, 1.165) is 0 Å². The first-order valence-corrected chi connectivity index (χ1v) is 6.44. The third-order valence-corrected chi connectivity index (χ3v) is 3.16. The van der Waals surface area contributed by atoms with Crippen LogP contribution in [0, 0.1) is 0 Å². The summed E-state index contributed by atoms with van der Waals surface area (Å²) in [5.74, 6) is -0.0295. The highest BCUT2D eigenvalue weighted by Gasteiger charge is 2.28. The molecular weight excluding hydrogens is 254 g/mol. The van der Waals surface area contributed by atoms with Gasteiger partial charge in [0.25, 0.3) is 0 Å². The minimum Gasteiger partial charge on any atom is -0.394 e. The normalized spacial score (nSPS) is 20.1. The zero-order chi connectivity index (χ0) is 11.2. The van der Waals surface area contributed by atoms with Crippen LogP contribution in [-0.2, 0) is 13.6 Å². The van der Waals surface area contributed by atoms with Gasteiger partial charge in [-0.3, -0.25) is 9.05 Å². The lowest BCUT2D eigenvalue weighted by Gasteiger charge is -2.19. The number of phosphoric acid groups is 1. The number of halogens is 2. The van der Waals surface area contributed by atoms with E-state index in [4.69, 9.17) is 33.2 Å². The Morgan fingerprint density at radius 2 is 1.93 bits per heavy atom. The van der Waals surface area contributed by atoms with Crippen molar-refractivity contribution in [3.8, 4) is 0 Å². The van der Waals surface area contributed by atoms with Crippen LogP contribution in [0.1, 0.15) is 6.92 Å². The van der Waals surface area contributed by atoms with Gasteiger partial charge in [0, 0.05) is 5.88 Å². The Labute approximate surface area is 92.5 Å². The fourth-order valence-corrected chi connectivity index (χ4v) is 2.08. The minimum absolute atomic E-state index is 0.0680. The van der Waals surface area contributed by atoms with Crippen molar-refractivity contribution in [3.63, 3.8) is 0 Å². The Bertz CT molecular complexity index is 199. The summed E-state index contributed by atoms with van der Waals surface area (Å²) in [6.07, 6.45) is -1.53. The van der Waals surface area contributed by atoms with Gasteiger partial charge in [0.2, 0.25) is 0 Å². The molecule has 2 N–H and O–H groups in total. The number of aliphatic hydroxyl groups is 1. The van der Waals surface area contributed by atoms with Gasteiger partial charge >= 0.3 is 7.82 Å². The third-order valence-electron chi connectivity index (χ3n) is 1.19. The van der Waals surface area contributed by atoms with Crippen LogP contribution < -0.4 is 0 Å². The molecule has 0 saturated carbocycles. The highest BCUT2D eigenvalue weighted by molar-refractivity contribution is 7.47. The summed E-state index contributed by atoms with van der Waals surface area (Å²) in [4.78, 5) is 9.13. The molecule has 0 aliphatic heterocycles. The molecule has 0 aliphatic carbocycles. The first-order valence-electron chi connectivity index (χ1n) is 3.87. The van der Waals surface area contributed by atoms with Crippen molar-refractivity contribution < 1.29 is 23.6 Å². The number of hydrogen-bond acceptors (Lipinski definition) is 4. The van der Waals surface area contributed by atoms with Crippen LogP contribution in [0.4, 0.5) is 0 Å². The number of phosphoric ester groups is 1. The fourth-order valence-electron chi connectivity index (χ4n) is 0.579. The lowest BCUT2D eigenvalue weighted by Crippen LogP contribution is -2.20. The smallest absolute Gasteiger partial charge is 0.394 e. The summed E-state index contributed by atoms with van der Waals surface area (Å²) in [6.45, 7) is 1.07. The molecule has 0 rings (SSSR count). The molecule has 86 valence electrons. The van der Waals surface area contributed by atoms with E-state index in [9.17, 15) is 4.57 Å². The van der Waals surface area contributed by atoms with Crippen LogP contribution in [0.5, 0.6) is 0 Å². The SMILES string of the molecule is CC(CCl)OP(=O)(O)OC(CO)CCl. The molecule has 0 amide bonds. The van der Waals surface area contributed by atoms with Gasteiger partial charge in [0.05, 0.1) is 18.6 Å². The van der Waals surface area contributed by atoms with Crippen molar-refractivity contribution in [2.75, 3.05) is 18.4 Å². The van der Waals surface area contributed by atoms with Gasteiger partial charge in [0.1, 0.15) is 6.10 Å². The molecule has 3 atom stereocenters. The lowest BCUT2D eigenvalue weighted by atomic mass is 10.4. The molecule has 0 radical (unpaired) electrons. The van der Waals surface area contributed by atoms with E-state index >= 15 is 0 Å². The zero-order valence-electron chi connectivity index (χ0n) is 7.60. The van der Waals surface area contributed by atoms with Crippen molar-refractivity contribution >= 4 is 31.0 Å². The Morgan fingerprint density at radius 1 is 1.36 bits per heavy atom. The van der Waals surface area contributed by atoms with Gasteiger partial charge in [-0.1, -0.05) is 0 Å². The Morgan fingerprint density at radius 3 is 2.29 bits per heavy atom. The predicted octanol–water partition coefficient (Wildman–Crippen LogP) is 1.35. The highest BCUT2D eigenvalue weighted by Crippen LogP contribution is 2.45. The summed E-state index contributed by atoms with van der Waals surface area (Å²) in [5, 5.41) is 8.66. The summed E-state index contributed by atoms with van der Waals surface area (Å²) in [7, 11) is -4.18. The number of alkyl halides is 2. The van der Waals surface area contributed by atoms with Crippen LogP contribution in [0.3, 0.4) is 0 Å². The van der Waals surface area contributed by atoms with Crippen molar-refractivity contribution in [1.29, 1.82) is 0 Å². The van der Waals surface area contributed by atoms with Crippen molar-refractivity contribution in [3.05, 3.63) is 0 Å². The average Bonchev–Trinajstić information content (AvgIpc) is 2.13. The molecule has 3 unspecified atom stereocenters. The average molecular weight is 267 g/mol. The molecule has 0 bridgehead atoms. The Balaban J connectivity index is 4.11. The van der Waals surface area contributed by atoms with E-state index in [1.807, 2.05) is 0 Å². The number of hydrogen-bond donors (Lipinski definition) is 2. The van der Waals surface area contributed by atoms with Crippen molar-refractivity contribution in [2.24, 2.45) is 0 Å². The van der Waals surface area contributed by atoms with Gasteiger partial charge in [-0.05, 0) is 6.92 Å². The maximum atomic E-state index is 11.2. The van der Waals surface area contributed by atoms with E-state index < -0.39 is 26.6 Å². The molecule has 0 aromatic heterocycles. The minimum atomic E-state index is -4.18. The molecule has 0 aromatic carbocycles. The topological polar surface area (TPSA) is 76.0 Å². The second-order valence-electron chi connectivity index (χ2n) is 2.60. The van der Waals surface area contributed by atoms with E-state index in [0.29, 0.717) is 0 Å². The first-order chi connectivity index (χ1) is 6.45. The van der Waals surface area contributed by atoms with Crippen LogP contribution in [0.25, 0.3) is 0 Å². The molecule has 5 nitrogen and oxygen atoms in total. The summed E-state index contributed by atoms with van der Waals surface area (Å²) < 4.78 is 20.4. The van der Waals surface area contributed by atoms with Crippen LogP contribution >= 0.6 is 31.0 Å². The maximum Gasteiger partial charge on any atom is 0.472 e. The third kappa shape index (κ3) is 6.19. The molecule has 14 heavy (non-hydrogen) atoms. The van der Waals surface area contributed by atoms with Crippen molar-refractivity contribution in [1.82, 2.24) is 0 Å². The number of rotatable bonds is 7. The zero-order valence-corrected chi connectivity index (χ0v) is 10.0. The summed E-state index contributed by atoms with van der Waals surface area (Å²) in [6, 6.07) is 0. The first kappa shape index (κ1) is 14.6. The van der Waals surface area contributed by atoms with Crippen LogP contribution in [-0.4, -0.2) is 40.6 Å². The van der Waals surface area contributed by atoms with E-state index in [2.05, 4.69) is 9.05 Å². The standard InChI is InChI=1S/C6H13Cl2O5P/c1-5(2-7)12-14(10,11)13-6(3-8)4-9/h5-6,9H,2-4H2,1H3,(H,10,11). The summed E-state index contributed by atoms with van der Waals surface area (Å²) in [5.41, 5.74) is 0. The van der Waals surface area contributed by atoms with Gasteiger partial charge in [-0.25, -0.2) is 4.57 Å². The highest BCUT2D eigenvalue weighted by atomic mass is 35.5. The monoisotopic (exact) mass is 266 g/mol. The maximum absolute atomic E-state index is 11.2. The van der Waals surface area contributed by atoms with Gasteiger partial charge in [-0.15, -0.1) is 23.2 Å². The predicted molar refractivity (Wildman–Crippen MR) is 53.8 cm³/mol. The molecule has 0 heterocycles. The van der Waals surface area contributed by atoms with E-state index in [-0.39, 0.29) is 11.8 Å². The van der Waals surface area contributed by atoms with E-state index in [1.54, 1.807) is 0 Å².